The highest BCUT2D eigenvalue weighted by Crippen LogP contribution is 2.32. The van der Waals surface area contributed by atoms with Crippen molar-refractivity contribution in [1.82, 2.24) is 0 Å². The van der Waals surface area contributed by atoms with Crippen molar-refractivity contribution < 1.29 is 9.59 Å². The van der Waals surface area contributed by atoms with Gasteiger partial charge in [-0.3, -0.25) is 9.59 Å². The minimum Gasteiger partial charge on any atom is -0.318 e. The number of hydrogen-bond acceptors (Lipinski definition) is 3. The van der Waals surface area contributed by atoms with Crippen molar-refractivity contribution in [3.63, 3.8) is 0 Å². The lowest BCUT2D eigenvalue weighted by Gasteiger charge is -2.03. The first-order valence-electron chi connectivity index (χ1n) is 5.47. The zero-order valence-electron chi connectivity index (χ0n) is 9.34. The molecular weight excluding hydrogens is 246 g/mol. The molecule has 2 aromatic carbocycles. The van der Waals surface area contributed by atoms with E-state index < -0.39 is 11.7 Å². The Morgan fingerprint density at radius 1 is 0.889 bits per heavy atom. The van der Waals surface area contributed by atoms with E-state index in [2.05, 4.69) is 5.32 Å². The second-order valence-corrected chi connectivity index (χ2v) is 5.05. The van der Waals surface area contributed by atoms with Gasteiger partial charge in [-0.25, -0.2) is 0 Å². The predicted molar refractivity (Wildman–Crippen MR) is 70.0 cm³/mol. The number of hydrogen-bond donors (Lipinski definition) is 1. The SMILES string of the molecule is O=C1Nc2cc(Sc3ccccc3)ccc2C1=O. The van der Waals surface area contributed by atoms with E-state index >= 15 is 0 Å². The largest absolute Gasteiger partial charge is 0.318 e. The van der Waals surface area contributed by atoms with Crippen LogP contribution in [0.15, 0.2) is 58.3 Å². The first-order valence-corrected chi connectivity index (χ1v) is 6.28. The molecule has 0 radical (unpaired) electrons. The highest BCUT2D eigenvalue weighted by atomic mass is 32.2. The molecule has 0 unspecified atom stereocenters. The number of carbonyl (C=O) groups excluding carboxylic acids is 2. The number of amides is 1. The van der Waals surface area contributed by atoms with Gasteiger partial charge in [0.1, 0.15) is 0 Å². The standard InChI is InChI=1S/C14H9NO2S/c16-13-11-7-6-10(8-12(11)15-14(13)17)18-9-4-2-1-3-5-9/h1-8H,(H,15,16,17). The van der Waals surface area contributed by atoms with E-state index in [0.29, 0.717) is 11.3 Å². The summed E-state index contributed by atoms with van der Waals surface area (Å²) in [7, 11) is 0. The minimum absolute atomic E-state index is 0.456. The van der Waals surface area contributed by atoms with Crippen molar-refractivity contribution in [3.05, 3.63) is 54.1 Å². The second-order valence-electron chi connectivity index (χ2n) is 3.91. The van der Waals surface area contributed by atoms with Crippen LogP contribution in [0.3, 0.4) is 0 Å². The van der Waals surface area contributed by atoms with E-state index in [-0.39, 0.29) is 0 Å². The first kappa shape index (κ1) is 11.0. The normalized spacial score (nSPS) is 13.3. The van der Waals surface area contributed by atoms with Crippen molar-refractivity contribution in [1.29, 1.82) is 0 Å². The van der Waals surface area contributed by atoms with Gasteiger partial charge in [-0.15, -0.1) is 0 Å². The highest BCUT2D eigenvalue weighted by molar-refractivity contribution is 7.99. The molecule has 2 aromatic rings. The number of anilines is 1. The van der Waals surface area contributed by atoms with Crippen LogP contribution in [-0.4, -0.2) is 11.7 Å². The fraction of sp³-hybridized carbons (Fsp3) is 0. The molecule has 0 atom stereocenters. The Hall–Kier alpha value is -2.07. The molecule has 4 heteroatoms. The third-order valence-electron chi connectivity index (χ3n) is 2.67. The summed E-state index contributed by atoms with van der Waals surface area (Å²) in [5.41, 5.74) is 1.06. The molecule has 0 spiro atoms. The molecule has 0 aliphatic carbocycles. The van der Waals surface area contributed by atoms with Crippen LogP contribution in [0.2, 0.25) is 0 Å². The number of fused-ring (bicyclic) bond motifs is 1. The van der Waals surface area contributed by atoms with Crippen molar-refractivity contribution in [2.24, 2.45) is 0 Å². The molecule has 1 amide bonds. The predicted octanol–water partition coefficient (Wildman–Crippen LogP) is 2.97. The molecule has 1 heterocycles. The molecule has 18 heavy (non-hydrogen) atoms. The van der Waals surface area contributed by atoms with Gasteiger partial charge < -0.3 is 5.32 Å². The molecule has 0 bridgehead atoms. The van der Waals surface area contributed by atoms with Crippen LogP contribution in [-0.2, 0) is 4.79 Å². The maximum absolute atomic E-state index is 11.4. The fourth-order valence-corrected chi connectivity index (χ4v) is 2.69. The molecule has 0 saturated carbocycles. The molecule has 3 rings (SSSR count). The smallest absolute Gasteiger partial charge is 0.296 e. The van der Waals surface area contributed by atoms with Crippen molar-refractivity contribution in [3.8, 4) is 0 Å². The molecule has 0 fully saturated rings. The van der Waals surface area contributed by atoms with Crippen LogP contribution in [0, 0.1) is 0 Å². The average molecular weight is 255 g/mol. The third kappa shape index (κ3) is 1.91. The van der Waals surface area contributed by atoms with Crippen molar-refractivity contribution in [2.45, 2.75) is 9.79 Å². The maximum Gasteiger partial charge on any atom is 0.296 e. The van der Waals surface area contributed by atoms with Crippen LogP contribution >= 0.6 is 11.8 Å². The highest BCUT2D eigenvalue weighted by Gasteiger charge is 2.27. The van der Waals surface area contributed by atoms with Gasteiger partial charge in [0.05, 0.1) is 11.3 Å². The Kier molecular flexibility index (Phi) is 2.64. The van der Waals surface area contributed by atoms with Gasteiger partial charge in [0.2, 0.25) is 0 Å². The summed E-state index contributed by atoms with van der Waals surface area (Å²) in [4.78, 5) is 24.8. The second kappa shape index (κ2) is 4.31. The van der Waals surface area contributed by atoms with E-state index in [4.69, 9.17) is 0 Å². The Balaban J connectivity index is 1.91. The van der Waals surface area contributed by atoms with Gasteiger partial charge >= 0.3 is 0 Å². The summed E-state index contributed by atoms with van der Waals surface area (Å²) in [6, 6.07) is 15.3. The van der Waals surface area contributed by atoms with Gasteiger partial charge in [-0.1, -0.05) is 30.0 Å². The molecule has 0 aromatic heterocycles. The molecule has 1 N–H and O–H groups in total. The number of Topliss-reactive ketones (excluding diaryl/α,β-unsaturated/α-hetero) is 1. The number of rotatable bonds is 2. The molecule has 88 valence electrons. The van der Waals surface area contributed by atoms with Crippen molar-refractivity contribution in [2.75, 3.05) is 5.32 Å². The molecule has 1 aliphatic heterocycles. The first-order chi connectivity index (χ1) is 8.74. The van der Waals surface area contributed by atoms with E-state index in [1.807, 2.05) is 42.5 Å². The monoisotopic (exact) mass is 255 g/mol. The Morgan fingerprint density at radius 3 is 2.44 bits per heavy atom. The average Bonchev–Trinajstić information content (AvgIpc) is 2.66. The topological polar surface area (TPSA) is 46.2 Å². The lowest BCUT2D eigenvalue weighted by molar-refractivity contribution is -0.112. The molecule has 0 saturated heterocycles. The Morgan fingerprint density at radius 2 is 1.67 bits per heavy atom. The summed E-state index contributed by atoms with van der Waals surface area (Å²) >= 11 is 1.59. The molecule has 1 aliphatic rings. The van der Waals surface area contributed by atoms with Crippen LogP contribution in [0.4, 0.5) is 5.69 Å². The molecule has 3 nitrogen and oxygen atoms in total. The Labute approximate surface area is 108 Å². The van der Waals surface area contributed by atoms with Crippen molar-refractivity contribution >= 4 is 29.1 Å². The van der Waals surface area contributed by atoms with E-state index in [9.17, 15) is 9.59 Å². The number of nitrogens with one attached hydrogen (secondary N) is 1. The van der Waals surface area contributed by atoms with Crippen LogP contribution in [0.1, 0.15) is 10.4 Å². The number of carbonyl (C=O) groups is 2. The van der Waals surface area contributed by atoms with E-state index in [0.717, 1.165) is 9.79 Å². The van der Waals surface area contributed by atoms with Crippen LogP contribution < -0.4 is 5.32 Å². The zero-order chi connectivity index (χ0) is 12.5. The summed E-state index contributed by atoms with van der Waals surface area (Å²) in [6.07, 6.45) is 0. The summed E-state index contributed by atoms with van der Waals surface area (Å²) in [5, 5.41) is 2.57. The van der Waals surface area contributed by atoms with Gasteiger partial charge in [-0.05, 0) is 30.3 Å². The quantitative estimate of drug-likeness (QED) is 0.839. The maximum atomic E-state index is 11.4. The number of ketones is 1. The summed E-state index contributed by atoms with van der Waals surface area (Å²) < 4.78 is 0. The van der Waals surface area contributed by atoms with E-state index in [1.165, 1.54) is 0 Å². The van der Waals surface area contributed by atoms with Gasteiger partial charge in [0.15, 0.2) is 0 Å². The summed E-state index contributed by atoms with van der Waals surface area (Å²) in [6.45, 7) is 0. The third-order valence-corrected chi connectivity index (χ3v) is 3.67. The van der Waals surface area contributed by atoms with Gasteiger partial charge in [0.25, 0.3) is 11.7 Å². The lowest BCUT2D eigenvalue weighted by Crippen LogP contribution is -2.12. The Bertz CT molecular complexity index is 637. The van der Waals surface area contributed by atoms with Gasteiger partial charge in [-0.2, -0.15) is 0 Å². The van der Waals surface area contributed by atoms with Crippen LogP contribution in [0.25, 0.3) is 0 Å². The zero-order valence-corrected chi connectivity index (χ0v) is 10.2. The van der Waals surface area contributed by atoms with Crippen LogP contribution in [0.5, 0.6) is 0 Å². The number of benzene rings is 2. The summed E-state index contributed by atoms with van der Waals surface area (Å²) in [5.74, 6) is -1.01. The van der Waals surface area contributed by atoms with Gasteiger partial charge in [0, 0.05) is 9.79 Å². The minimum atomic E-state index is -0.549. The lowest BCUT2D eigenvalue weighted by atomic mass is 10.1. The fourth-order valence-electron chi connectivity index (χ4n) is 1.81. The van der Waals surface area contributed by atoms with E-state index in [1.54, 1.807) is 17.8 Å². The molecular formula is C14H9NO2S.